The number of amides is 3. The van der Waals surface area contributed by atoms with Crippen molar-refractivity contribution in [1.82, 2.24) is 20.9 Å². The van der Waals surface area contributed by atoms with E-state index >= 15 is 0 Å². The molecule has 1 unspecified atom stereocenters. The number of aryl methyl sites for hydroxylation is 1. The summed E-state index contributed by atoms with van der Waals surface area (Å²) in [6, 6.07) is 4.23. The van der Waals surface area contributed by atoms with E-state index in [1.54, 1.807) is 24.3 Å². The van der Waals surface area contributed by atoms with Crippen molar-refractivity contribution in [3.63, 3.8) is 0 Å². The standard InChI is InChI=1S/C16H14ClF3N4O2S/c1-7-12(27-14(22-7)16(18,19)20)11(8-2-4-9(17)5-3-8)24-13(25)10-6-21-15(26)23-10/h2-5,10-11H,6H2,1H3,(H,24,25)(H2,21,23,26)/t10-,11?/m0/s1. The van der Waals surface area contributed by atoms with Crippen LogP contribution in [0.4, 0.5) is 18.0 Å². The first-order valence-corrected chi connectivity index (χ1v) is 8.99. The van der Waals surface area contributed by atoms with Gasteiger partial charge in [-0.05, 0) is 24.6 Å². The van der Waals surface area contributed by atoms with Crippen molar-refractivity contribution in [2.45, 2.75) is 25.2 Å². The van der Waals surface area contributed by atoms with Crippen LogP contribution in [0.1, 0.15) is 27.2 Å². The van der Waals surface area contributed by atoms with Gasteiger partial charge in [0, 0.05) is 11.6 Å². The Morgan fingerprint density at radius 3 is 2.56 bits per heavy atom. The topological polar surface area (TPSA) is 83.1 Å². The number of hydrogen-bond acceptors (Lipinski definition) is 4. The number of nitrogens with zero attached hydrogens (tertiary/aromatic N) is 1. The van der Waals surface area contributed by atoms with E-state index in [1.807, 2.05) is 0 Å². The lowest BCUT2D eigenvalue weighted by Crippen LogP contribution is -2.44. The van der Waals surface area contributed by atoms with Gasteiger partial charge in [0.25, 0.3) is 0 Å². The SMILES string of the molecule is Cc1nc(C(F)(F)F)sc1C(NC(=O)[C@@H]1CNC(=O)N1)c1ccc(Cl)cc1. The minimum absolute atomic E-state index is 0.0908. The second-order valence-electron chi connectivity index (χ2n) is 5.87. The molecular formula is C16H14ClF3N4O2S. The third-order valence-electron chi connectivity index (χ3n) is 3.92. The van der Waals surface area contributed by atoms with Crippen molar-refractivity contribution in [3.8, 4) is 0 Å². The summed E-state index contributed by atoms with van der Waals surface area (Å²) in [6.45, 7) is 1.54. The Labute approximate surface area is 161 Å². The molecule has 27 heavy (non-hydrogen) atoms. The fraction of sp³-hybridized carbons (Fsp3) is 0.312. The summed E-state index contributed by atoms with van der Waals surface area (Å²) < 4.78 is 39.1. The third kappa shape index (κ3) is 4.33. The number of nitrogens with one attached hydrogen (secondary N) is 3. The van der Waals surface area contributed by atoms with E-state index in [0.717, 1.165) is 0 Å². The zero-order chi connectivity index (χ0) is 19.8. The van der Waals surface area contributed by atoms with Crippen LogP contribution < -0.4 is 16.0 Å². The van der Waals surface area contributed by atoms with E-state index in [4.69, 9.17) is 11.6 Å². The summed E-state index contributed by atoms with van der Waals surface area (Å²) in [5, 5.41) is 7.07. The molecule has 0 radical (unpaired) electrons. The summed E-state index contributed by atoms with van der Waals surface area (Å²) in [4.78, 5) is 27.6. The first-order valence-electron chi connectivity index (χ1n) is 7.80. The van der Waals surface area contributed by atoms with Crippen LogP contribution in [0, 0.1) is 6.92 Å². The van der Waals surface area contributed by atoms with Gasteiger partial charge in [-0.3, -0.25) is 4.79 Å². The molecule has 1 aromatic carbocycles. The lowest BCUT2D eigenvalue weighted by atomic mass is 10.0. The minimum atomic E-state index is -4.58. The molecule has 1 fully saturated rings. The summed E-state index contributed by atoms with van der Waals surface area (Å²) in [6.07, 6.45) is -4.58. The second kappa shape index (κ2) is 7.35. The lowest BCUT2D eigenvalue weighted by Gasteiger charge is -2.20. The average molecular weight is 419 g/mol. The number of halogens is 4. The molecule has 1 aliphatic rings. The molecular weight excluding hydrogens is 405 g/mol. The Morgan fingerprint density at radius 2 is 2.04 bits per heavy atom. The Morgan fingerprint density at radius 1 is 1.37 bits per heavy atom. The average Bonchev–Trinajstić information content (AvgIpc) is 3.19. The zero-order valence-corrected chi connectivity index (χ0v) is 15.4. The van der Waals surface area contributed by atoms with E-state index in [1.165, 1.54) is 6.92 Å². The van der Waals surface area contributed by atoms with Crippen molar-refractivity contribution < 1.29 is 22.8 Å². The number of carbonyl (C=O) groups excluding carboxylic acids is 2. The number of alkyl halides is 3. The van der Waals surface area contributed by atoms with E-state index in [9.17, 15) is 22.8 Å². The van der Waals surface area contributed by atoms with Gasteiger partial charge in [-0.25, -0.2) is 9.78 Å². The van der Waals surface area contributed by atoms with Gasteiger partial charge >= 0.3 is 12.2 Å². The van der Waals surface area contributed by atoms with Gasteiger partial charge in [-0.2, -0.15) is 13.2 Å². The van der Waals surface area contributed by atoms with Gasteiger partial charge in [0.15, 0.2) is 5.01 Å². The lowest BCUT2D eigenvalue weighted by molar-refractivity contribution is -0.137. The largest absolute Gasteiger partial charge is 0.443 e. The zero-order valence-electron chi connectivity index (χ0n) is 13.9. The molecule has 3 N–H and O–H groups in total. The molecule has 0 aliphatic carbocycles. The highest BCUT2D eigenvalue weighted by atomic mass is 35.5. The third-order valence-corrected chi connectivity index (χ3v) is 5.43. The predicted octanol–water partition coefficient (Wildman–Crippen LogP) is 3.01. The molecule has 144 valence electrons. The molecule has 0 bridgehead atoms. The van der Waals surface area contributed by atoms with E-state index in [0.29, 0.717) is 21.9 Å². The van der Waals surface area contributed by atoms with Gasteiger partial charge in [0.05, 0.1) is 16.6 Å². The van der Waals surface area contributed by atoms with Crippen LogP contribution in [0.25, 0.3) is 0 Å². The number of rotatable bonds is 4. The summed E-state index contributed by atoms with van der Waals surface area (Å²) in [7, 11) is 0. The van der Waals surface area contributed by atoms with Crippen molar-refractivity contribution >= 4 is 34.9 Å². The molecule has 2 atom stereocenters. The summed E-state index contributed by atoms with van der Waals surface area (Å²) >= 11 is 6.35. The summed E-state index contributed by atoms with van der Waals surface area (Å²) in [5.74, 6) is -0.519. The number of hydrogen-bond donors (Lipinski definition) is 3. The van der Waals surface area contributed by atoms with Gasteiger partial charge in [0.2, 0.25) is 5.91 Å². The fourth-order valence-electron chi connectivity index (χ4n) is 2.61. The van der Waals surface area contributed by atoms with Crippen LogP contribution in [-0.2, 0) is 11.0 Å². The Balaban J connectivity index is 1.95. The Bertz CT molecular complexity index is 870. The van der Waals surface area contributed by atoms with Crippen LogP contribution in [0.15, 0.2) is 24.3 Å². The van der Waals surface area contributed by atoms with Gasteiger partial charge in [-0.1, -0.05) is 23.7 Å². The monoisotopic (exact) mass is 418 g/mol. The molecule has 1 aromatic heterocycles. The number of carbonyl (C=O) groups is 2. The smallest absolute Gasteiger partial charge is 0.342 e. The van der Waals surface area contributed by atoms with E-state index in [2.05, 4.69) is 20.9 Å². The first-order chi connectivity index (χ1) is 12.6. The normalized spacial score (nSPS) is 18.0. The van der Waals surface area contributed by atoms with Crippen molar-refractivity contribution in [3.05, 3.63) is 50.4 Å². The predicted molar refractivity (Wildman–Crippen MR) is 93.6 cm³/mol. The molecule has 3 amide bonds. The molecule has 0 saturated carbocycles. The van der Waals surface area contributed by atoms with E-state index < -0.39 is 35.2 Å². The fourth-order valence-corrected chi connectivity index (χ4v) is 3.75. The molecule has 11 heteroatoms. The number of thiazole rings is 1. The quantitative estimate of drug-likeness (QED) is 0.713. The Kier molecular flexibility index (Phi) is 5.29. The maximum Gasteiger partial charge on any atom is 0.443 e. The number of aromatic nitrogens is 1. The van der Waals surface area contributed by atoms with Gasteiger partial charge < -0.3 is 16.0 Å². The molecule has 0 spiro atoms. The molecule has 1 saturated heterocycles. The molecule has 2 aromatic rings. The second-order valence-corrected chi connectivity index (χ2v) is 7.33. The van der Waals surface area contributed by atoms with Crippen LogP contribution in [0.5, 0.6) is 0 Å². The maximum atomic E-state index is 13.0. The highest BCUT2D eigenvalue weighted by Gasteiger charge is 2.37. The van der Waals surface area contributed by atoms with Crippen molar-refractivity contribution in [2.24, 2.45) is 0 Å². The molecule has 1 aliphatic heterocycles. The van der Waals surface area contributed by atoms with Gasteiger partial charge in [0.1, 0.15) is 6.04 Å². The maximum absolute atomic E-state index is 13.0. The van der Waals surface area contributed by atoms with Crippen molar-refractivity contribution in [2.75, 3.05) is 6.54 Å². The van der Waals surface area contributed by atoms with Crippen LogP contribution in [0.3, 0.4) is 0 Å². The van der Waals surface area contributed by atoms with Crippen molar-refractivity contribution in [1.29, 1.82) is 0 Å². The minimum Gasteiger partial charge on any atom is -0.342 e. The highest BCUT2D eigenvalue weighted by molar-refractivity contribution is 7.12. The van der Waals surface area contributed by atoms with Crippen LogP contribution >= 0.6 is 22.9 Å². The number of benzene rings is 1. The Hall–Kier alpha value is -2.33. The molecule has 2 heterocycles. The number of urea groups is 1. The van der Waals surface area contributed by atoms with E-state index in [-0.39, 0.29) is 17.1 Å². The summed E-state index contributed by atoms with van der Waals surface area (Å²) in [5.41, 5.74) is 0.715. The first kappa shape index (κ1) is 19.4. The van der Waals surface area contributed by atoms with Gasteiger partial charge in [-0.15, -0.1) is 11.3 Å². The molecule has 6 nitrogen and oxygen atoms in total. The van der Waals surface area contributed by atoms with Crippen LogP contribution in [0.2, 0.25) is 5.02 Å². The molecule has 3 rings (SSSR count). The highest BCUT2D eigenvalue weighted by Crippen LogP contribution is 2.38. The van der Waals surface area contributed by atoms with Crippen LogP contribution in [-0.4, -0.2) is 29.5 Å².